The molecule has 0 spiro atoms. The maximum absolute atomic E-state index is 13.2. The molecule has 0 unspecified atom stereocenters. The number of halogens is 3. The molecule has 1 aliphatic heterocycles. The van der Waals surface area contributed by atoms with Crippen molar-refractivity contribution < 1.29 is 17.9 Å². The van der Waals surface area contributed by atoms with Gasteiger partial charge in [0.1, 0.15) is 11.6 Å². The lowest BCUT2D eigenvalue weighted by Gasteiger charge is -2.27. The average molecular weight is 362 g/mol. The van der Waals surface area contributed by atoms with Gasteiger partial charge >= 0.3 is 6.18 Å². The van der Waals surface area contributed by atoms with Crippen molar-refractivity contribution in [2.75, 3.05) is 0 Å². The maximum Gasteiger partial charge on any atom is 0.416 e. The van der Waals surface area contributed by atoms with E-state index in [0.717, 1.165) is 12.1 Å². The summed E-state index contributed by atoms with van der Waals surface area (Å²) in [6, 6.07) is 6.85. The summed E-state index contributed by atoms with van der Waals surface area (Å²) >= 11 is 0. The second kappa shape index (κ2) is 5.80. The highest BCUT2D eigenvalue weighted by Crippen LogP contribution is 2.46. The fraction of sp³-hybridized carbons (Fsp3) is 0.333. The van der Waals surface area contributed by atoms with Crippen molar-refractivity contribution in [3.63, 3.8) is 0 Å². The standard InChI is InChI=1S/C18H17F3N4O/c1-17(2,3)14-13-12(9-5-4-6-10(7-9)18(19,20)21)11(8-22)15(23)26-16(13)25-24-14/h4-7,12H,23H2,1-3H3,(H,24,25)/t12-/m1/s1. The van der Waals surface area contributed by atoms with E-state index in [1.165, 1.54) is 6.07 Å². The highest BCUT2D eigenvalue weighted by atomic mass is 19.4. The molecule has 5 nitrogen and oxygen atoms in total. The predicted molar refractivity (Wildman–Crippen MR) is 88.0 cm³/mol. The Morgan fingerprint density at radius 3 is 2.54 bits per heavy atom. The van der Waals surface area contributed by atoms with Crippen LogP contribution in [0.15, 0.2) is 35.7 Å². The molecule has 0 bridgehead atoms. The van der Waals surface area contributed by atoms with Crippen LogP contribution in [0.4, 0.5) is 13.2 Å². The molecule has 8 heteroatoms. The number of nitrogens with one attached hydrogen (secondary N) is 1. The fourth-order valence-corrected chi connectivity index (χ4v) is 3.04. The van der Waals surface area contributed by atoms with Crippen LogP contribution in [-0.2, 0) is 11.6 Å². The Morgan fingerprint density at radius 1 is 1.27 bits per heavy atom. The van der Waals surface area contributed by atoms with Crippen molar-refractivity contribution in [2.24, 2.45) is 5.73 Å². The minimum atomic E-state index is -4.49. The Labute approximate surface area is 148 Å². The normalized spacial score (nSPS) is 17.5. The lowest BCUT2D eigenvalue weighted by molar-refractivity contribution is -0.137. The molecule has 3 rings (SSSR count). The lowest BCUT2D eigenvalue weighted by Crippen LogP contribution is -2.24. The van der Waals surface area contributed by atoms with E-state index in [1.807, 2.05) is 26.8 Å². The van der Waals surface area contributed by atoms with Gasteiger partial charge in [0, 0.05) is 11.1 Å². The summed E-state index contributed by atoms with van der Waals surface area (Å²) in [5.74, 6) is -0.776. The molecule has 0 amide bonds. The topological polar surface area (TPSA) is 87.7 Å². The summed E-state index contributed by atoms with van der Waals surface area (Å²) in [4.78, 5) is 0. The van der Waals surface area contributed by atoms with Crippen molar-refractivity contribution in [3.05, 3.63) is 58.1 Å². The van der Waals surface area contributed by atoms with E-state index in [1.54, 1.807) is 6.07 Å². The number of allylic oxidation sites excluding steroid dienone is 1. The highest BCUT2D eigenvalue weighted by Gasteiger charge is 2.39. The molecule has 2 aromatic rings. The van der Waals surface area contributed by atoms with Crippen LogP contribution in [0.25, 0.3) is 0 Å². The van der Waals surface area contributed by atoms with Gasteiger partial charge in [0.2, 0.25) is 11.8 Å². The molecule has 0 aliphatic carbocycles. The van der Waals surface area contributed by atoms with Crippen LogP contribution in [0.1, 0.15) is 49.1 Å². The van der Waals surface area contributed by atoms with Gasteiger partial charge < -0.3 is 10.5 Å². The Bertz CT molecular complexity index is 929. The van der Waals surface area contributed by atoms with Crippen molar-refractivity contribution in [3.8, 4) is 11.9 Å². The van der Waals surface area contributed by atoms with Crippen molar-refractivity contribution in [1.29, 1.82) is 5.26 Å². The molecule has 2 heterocycles. The van der Waals surface area contributed by atoms with Crippen molar-refractivity contribution >= 4 is 0 Å². The summed E-state index contributed by atoms with van der Waals surface area (Å²) in [5, 5.41) is 16.5. The highest BCUT2D eigenvalue weighted by molar-refractivity contribution is 5.56. The largest absolute Gasteiger partial charge is 0.420 e. The van der Waals surface area contributed by atoms with Crippen LogP contribution in [0.3, 0.4) is 0 Å². The van der Waals surface area contributed by atoms with Crippen LogP contribution in [0.5, 0.6) is 5.88 Å². The lowest BCUT2D eigenvalue weighted by atomic mass is 9.78. The molecule has 26 heavy (non-hydrogen) atoms. The number of nitrogens with zero attached hydrogens (tertiary/aromatic N) is 2. The summed E-state index contributed by atoms with van der Waals surface area (Å²) < 4.78 is 44.9. The number of benzene rings is 1. The van der Waals surface area contributed by atoms with E-state index in [4.69, 9.17) is 10.5 Å². The van der Waals surface area contributed by atoms with Crippen LogP contribution in [-0.4, -0.2) is 10.2 Å². The number of hydrogen-bond acceptors (Lipinski definition) is 4. The zero-order chi connectivity index (χ0) is 19.3. The van der Waals surface area contributed by atoms with Gasteiger partial charge in [-0.15, -0.1) is 5.10 Å². The first-order chi connectivity index (χ1) is 12.0. The van der Waals surface area contributed by atoms with Gasteiger partial charge in [0.05, 0.1) is 17.0 Å². The number of alkyl halides is 3. The summed E-state index contributed by atoms with van der Waals surface area (Å²) in [6.45, 7) is 5.78. The number of aromatic amines is 1. The first-order valence-electron chi connectivity index (χ1n) is 7.87. The zero-order valence-corrected chi connectivity index (χ0v) is 14.4. The molecule has 1 aliphatic rings. The van der Waals surface area contributed by atoms with Gasteiger partial charge in [-0.1, -0.05) is 39.0 Å². The van der Waals surface area contributed by atoms with Crippen LogP contribution in [0.2, 0.25) is 0 Å². The molecule has 0 radical (unpaired) electrons. The molecule has 136 valence electrons. The van der Waals surface area contributed by atoms with Crippen LogP contribution >= 0.6 is 0 Å². The second-order valence-electron chi connectivity index (χ2n) is 7.12. The van der Waals surface area contributed by atoms with Gasteiger partial charge in [-0.25, -0.2) is 0 Å². The van der Waals surface area contributed by atoms with E-state index in [9.17, 15) is 18.4 Å². The number of rotatable bonds is 1. The van der Waals surface area contributed by atoms with Gasteiger partial charge in [0.25, 0.3) is 0 Å². The molecular formula is C18H17F3N4O. The Hall–Kier alpha value is -2.95. The smallest absolute Gasteiger partial charge is 0.416 e. The number of nitrogens with two attached hydrogens (primary N) is 1. The second-order valence-corrected chi connectivity index (χ2v) is 7.12. The molecular weight excluding hydrogens is 345 g/mol. The van der Waals surface area contributed by atoms with Gasteiger partial charge in [-0.2, -0.15) is 18.4 Å². The van der Waals surface area contributed by atoms with Crippen LogP contribution in [0, 0.1) is 11.3 Å². The minimum Gasteiger partial charge on any atom is -0.420 e. The Morgan fingerprint density at radius 2 is 1.96 bits per heavy atom. The Balaban J connectivity index is 2.27. The maximum atomic E-state index is 13.2. The van der Waals surface area contributed by atoms with E-state index < -0.39 is 23.1 Å². The van der Waals surface area contributed by atoms with Crippen LogP contribution < -0.4 is 10.5 Å². The summed E-state index contributed by atoms with van der Waals surface area (Å²) in [6.07, 6.45) is -4.49. The van der Waals surface area contributed by atoms with E-state index in [2.05, 4.69) is 10.2 Å². The number of fused-ring (bicyclic) bond motifs is 1. The van der Waals surface area contributed by atoms with Gasteiger partial charge in [0.15, 0.2) is 0 Å². The summed E-state index contributed by atoms with van der Waals surface area (Å²) in [7, 11) is 0. The predicted octanol–water partition coefficient (Wildman–Crippen LogP) is 3.94. The molecule has 0 saturated carbocycles. The number of aromatic nitrogens is 2. The van der Waals surface area contributed by atoms with Crippen molar-refractivity contribution in [2.45, 2.75) is 38.3 Å². The first-order valence-corrected chi connectivity index (χ1v) is 7.87. The SMILES string of the molecule is CC(C)(C)c1[nH]nc2c1[C@H](c1cccc(C(F)(F)F)c1)C(C#N)=C(N)O2. The zero-order valence-electron chi connectivity index (χ0n) is 14.4. The number of nitriles is 1. The quantitative estimate of drug-likeness (QED) is 0.804. The molecule has 0 saturated heterocycles. The third-order valence-electron chi connectivity index (χ3n) is 4.24. The fourth-order valence-electron chi connectivity index (χ4n) is 3.04. The van der Waals surface area contributed by atoms with E-state index in [-0.39, 0.29) is 17.3 Å². The summed E-state index contributed by atoms with van der Waals surface area (Å²) in [5.41, 5.74) is 6.22. The van der Waals surface area contributed by atoms with Crippen molar-refractivity contribution in [1.82, 2.24) is 10.2 Å². The average Bonchev–Trinajstić information content (AvgIpc) is 2.96. The van der Waals surface area contributed by atoms with E-state index >= 15 is 0 Å². The number of H-pyrrole nitrogens is 1. The minimum absolute atomic E-state index is 0.0590. The molecule has 1 aromatic carbocycles. The Kier molecular flexibility index (Phi) is 3.98. The van der Waals surface area contributed by atoms with E-state index in [0.29, 0.717) is 16.8 Å². The first kappa shape index (κ1) is 17.9. The van der Waals surface area contributed by atoms with Gasteiger partial charge in [-0.05, 0) is 11.6 Å². The molecule has 1 atom stereocenters. The monoisotopic (exact) mass is 362 g/mol. The molecule has 1 aromatic heterocycles. The third-order valence-corrected chi connectivity index (χ3v) is 4.24. The third kappa shape index (κ3) is 2.90. The molecule has 3 N–H and O–H groups in total. The number of ether oxygens (including phenoxy) is 1. The number of hydrogen-bond donors (Lipinski definition) is 2. The van der Waals surface area contributed by atoms with Gasteiger partial charge in [-0.3, -0.25) is 5.10 Å². The molecule has 0 fully saturated rings.